The largest absolute Gasteiger partial charge is 0.491 e. The summed E-state index contributed by atoms with van der Waals surface area (Å²) in [6.07, 6.45) is -4.55. The molecule has 4 aromatic rings. The maximum absolute atomic E-state index is 15.5. The van der Waals surface area contributed by atoms with Crippen molar-refractivity contribution in [2.75, 3.05) is 12.3 Å². The number of hydrogen-bond donors (Lipinski definition) is 1. The van der Waals surface area contributed by atoms with Gasteiger partial charge in [0.15, 0.2) is 0 Å². The zero-order valence-electron chi connectivity index (χ0n) is 19.9. The number of thiazole rings is 1. The van der Waals surface area contributed by atoms with E-state index < -0.39 is 35.5 Å². The lowest BCUT2D eigenvalue weighted by molar-refractivity contribution is -0.137. The zero-order valence-corrected chi connectivity index (χ0v) is 20.7. The smallest absolute Gasteiger partial charge is 0.416 e. The van der Waals surface area contributed by atoms with Gasteiger partial charge in [-0.1, -0.05) is 6.07 Å². The van der Waals surface area contributed by atoms with Crippen molar-refractivity contribution >= 4 is 34.0 Å². The van der Waals surface area contributed by atoms with Gasteiger partial charge in [0.25, 0.3) is 5.91 Å². The summed E-state index contributed by atoms with van der Waals surface area (Å²) in [4.78, 5) is 24.1. The number of carbonyl (C=O) groups is 1. The van der Waals surface area contributed by atoms with Gasteiger partial charge in [0.2, 0.25) is 0 Å². The summed E-state index contributed by atoms with van der Waals surface area (Å²) in [7, 11) is 0. The molecule has 0 radical (unpaired) electrons. The molecule has 1 amide bonds. The highest BCUT2D eigenvalue weighted by molar-refractivity contribution is 7.07. The van der Waals surface area contributed by atoms with E-state index in [0.717, 1.165) is 23.8 Å². The summed E-state index contributed by atoms with van der Waals surface area (Å²) in [6, 6.07) is 4.37. The monoisotopic (exact) mass is 544 g/mol. The number of nitrogen functional groups attached to an aromatic ring is 1. The van der Waals surface area contributed by atoms with Crippen LogP contribution in [0, 0.1) is 5.82 Å². The van der Waals surface area contributed by atoms with Crippen LogP contribution in [0.5, 0.6) is 5.75 Å². The van der Waals surface area contributed by atoms with Gasteiger partial charge in [-0.05, 0) is 30.7 Å². The summed E-state index contributed by atoms with van der Waals surface area (Å²) in [6.45, 7) is 2.17. The molecule has 2 aliphatic rings. The van der Waals surface area contributed by atoms with E-state index in [9.17, 15) is 18.0 Å². The van der Waals surface area contributed by atoms with Gasteiger partial charge in [-0.15, -0.1) is 11.3 Å². The Kier molecular flexibility index (Phi) is 5.76. The maximum atomic E-state index is 15.5. The number of carbonyl (C=O) groups excluding carboxylic acids is 1. The summed E-state index contributed by atoms with van der Waals surface area (Å²) in [5.74, 6) is -1.17. The van der Waals surface area contributed by atoms with Crippen molar-refractivity contribution in [3.8, 4) is 5.75 Å². The standard InChI is InChI=1S/C26H20F4N4O3S/c1-12(21-10-38-11-32-21)34(22-9-37-23-4-13(26(28,29)30)2-3-14(22)23)25(35)16-5-15-17-7-36-8-18(17)24(31)33-20(15)6-19(16)27/h2-6,10-12,22H,7-9H2,1H3,(H2,31,33). The van der Waals surface area contributed by atoms with Gasteiger partial charge < -0.3 is 20.1 Å². The van der Waals surface area contributed by atoms with Gasteiger partial charge in [0.05, 0.1) is 53.1 Å². The molecular formula is C26H20F4N4O3S. The molecule has 2 aromatic heterocycles. The number of aromatic nitrogens is 2. The first-order valence-corrected chi connectivity index (χ1v) is 12.6. The van der Waals surface area contributed by atoms with Crippen LogP contribution in [0.2, 0.25) is 0 Å². The van der Waals surface area contributed by atoms with Crippen LogP contribution in [0.1, 0.15) is 57.3 Å². The number of nitrogens with zero attached hydrogens (tertiary/aromatic N) is 3. The lowest BCUT2D eigenvalue weighted by Crippen LogP contribution is -2.38. The van der Waals surface area contributed by atoms with Crippen LogP contribution in [-0.4, -0.2) is 27.4 Å². The molecule has 4 heterocycles. The van der Waals surface area contributed by atoms with Crippen molar-refractivity contribution in [2.45, 2.75) is 38.4 Å². The molecule has 2 N–H and O–H groups in total. The third kappa shape index (κ3) is 3.95. The molecule has 6 rings (SSSR count). The maximum Gasteiger partial charge on any atom is 0.416 e. The fourth-order valence-corrected chi connectivity index (χ4v) is 5.69. The van der Waals surface area contributed by atoms with E-state index in [1.807, 2.05) is 0 Å². The van der Waals surface area contributed by atoms with Crippen molar-refractivity contribution in [1.82, 2.24) is 14.9 Å². The number of anilines is 1. The topological polar surface area (TPSA) is 90.6 Å². The molecule has 0 bridgehead atoms. The Hall–Kier alpha value is -3.77. The average molecular weight is 545 g/mol. The van der Waals surface area contributed by atoms with E-state index in [1.54, 1.807) is 17.8 Å². The highest BCUT2D eigenvalue weighted by Crippen LogP contribution is 2.44. The molecule has 7 nitrogen and oxygen atoms in total. The number of pyridine rings is 1. The van der Waals surface area contributed by atoms with E-state index >= 15 is 4.39 Å². The van der Waals surface area contributed by atoms with Crippen LogP contribution < -0.4 is 10.5 Å². The molecule has 38 heavy (non-hydrogen) atoms. The number of fused-ring (bicyclic) bond motifs is 4. The van der Waals surface area contributed by atoms with Crippen molar-refractivity contribution in [3.05, 3.63) is 80.6 Å². The first kappa shape index (κ1) is 24.6. The van der Waals surface area contributed by atoms with E-state index in [4.69, 9.17) is 15.2 Å². The van der Waals surface area contributed by atoms with Crippen molar-refractivity contribution < 1.29 is 31.8 Å². The molecule has 0 saturated heterocycles. The Morgan fingerprint density at radius 2 is 2.00 bits per heavy atom. The van der Waals surface area contributed by atoms with Gasteiger partial charge in [0.1, 0.15) is 24.0 Å². The highest BCUT2D eigenvalue weighted by Gasteiger charge is 2.40. The summed E-state index contributed by atoms with van der Waals surface area (Å²) in [5.41, 5.74) is 9.27. The Bertz CT molecular complexity index is 1580. The predicted octanol–water partition coefficient (Wildman–Crippen LogP) is 5.80. The molecular weight excluding hydrogens is 524 g/mol. The van der Waals surface area contributed by atoms with Gasteiger partial charge in [-0.3, -0.25) is 4.79 Å². The molecule has 0 saturated carbocycles. The number of amides is 1. The summed E-state index contributed by atoms with van der Waals surface area (Å²) < 4.78 is 66.4. The lowest BCUT2D eigenvalue weighted by Gasteiger charge is -2.33. The number of halogens is 4. The SMILES string of the molecule is CC(c1cscn1)N(C(=O)c1cc2c3c(c(N)nc2cc1F)COC3)C1COc2cc(C(F)(F)F)ccc21. The first-order chi connectivity index (χ1) is 18.1. The van der Waals surface area contributed by atoms with Crippen molar-refractivity contribution in [3.63, 3.8) is 0 Å². The fourth-order valence-electron chi connectivity index (χ4n) is 5.05. The van der Waals surface area contributed by atoms with Crippen molar-refractivity contribution in [2.24, 2.45) is 0 Å². The van der Waals surface area contributed by atoms with Gasteiger partial charge >= 0.3 is 6.18 Å². The van der Waals surface area contributed by atoms with E-state index in [1.165, 1.54) is 28.4 Å². The van der Waals surface area contributed by atoms with Gasteiger partial charge in [-0.2, -0.15) is 13.2 Å². The number of alkyl halides is 3. The molecule has 2 aromatic carbocycles. The molecule has 2 atom stereocenters. The Morgan fingerprint density at radius 3 is 2.74 bits per heavy atom. The number of ether oxygens (including phenoxy) is 2. The third-order valence-corrected chi connectivity index (χ3v) is 7.62. The Labute approximate surface area is 217 Å². The molecule has 12 heteroatoms. The number of benzene rings is 2. The van der Waals surface area contributed by atoms with Crippen LogP contribution in [-0.2, 0) is 24.1 Å². The molecule has 196 valence electrons. The second-order valence-electron chi connectivity index (χ2n) is 9.18. The molecule has 2 unspecified atom stereocenters. The lowest BCUT2D eigenvalue weighted by atomic mass is 9.98. The minimum Gasteiger partial charge on any atom is -0.491 e. The van der Waals surface area contributed by atoms with Crippen LogP contribution >= 0.6 is 11.3 Å². The number of rotatable bonds is 4. The number of hydrogen-bond acceptors (Lipinski definition) is 7. The first-order valence-electron chi connectivity index (χ1n) is 11.7. The minimum atomic E-state index is -4.55. The quantitative estimate of drug-likeness (QED) is 0.327. The van der Waals surface area contributed by atoms with Crippen LogP contribution in [0.15, 0.2) is 41.2 Å². The molecule has 0 spiro atoms. The van der Waals surface area contributed by atoms with Crippen molar-refractivity contribution in [1.29, 1.82) is 0 Å². The Balaban J connectivity index is 1.46. The van der Waals surface area contributed by atoms with Gasteiger partial charge in [-0.25, -0.2) is 14.4 Å². The van der Waals surface area contributed by atoms with E-state index in [0.29, 0.717) is 27.7 Å². The summed E-state index contributed by atoms with van der Waals surface area (Å²) >= 11 is 1.33. The fraction of sp³-hybridized carbons (Fsp3) is 0.269. The number of nitrogens with two attached hydrogens (primary N) is 1. The van der Waals surface area contributed by atoms with E-state index in [2.05, 4.69) is 9.97 Å². The van der Waals surface area contributed by atoms with Crippen LogP contribution in [0.3, 0.4) is 0 Å². The zero-order chi connectivity index (χ0) is 26.8. The highest BCUT2D eigenvalue weighted by atomic mass is 32.1. The Morgan fingerprint density at radius 1 is 1.21 bits per heavy atom. The normalized spacial score (nSPS) is 17.2. The third-order valence-electron chi connectivity index (χ3n) is 7.01. The second-order valence-corrected chi connectivity index (χ2v) is 9.89. The average Bonchev–Trinajstić information content (AvgIpc) is 3.64. The van der Waals surface area contributed by atoms with E-state index in [-0.39, 0.29) is 37.0 Å². The second kappa shape index (κ2) is 8.91. The van der Waals surface area contributed by atoms with Crippen LogP contribution in [0.25, 0.3) is 10.9 Å². The van der Waals surface area contributed by atoms with Crippen LogP contribution in [0.4, 0.5) is 23.4 Å². The molecule has 0 fully saturated rings. The van der Waals surface area contributed by atoms with Gasteiger partial charge in [0, 0.05) is 28.0 Å². The minimum absolute atomic E-state index is 0.0294. The molecule has 2 aliphatic heterocycles. The molecule has 0 aliphatic carbocycles. The summed E-state index contributed by atoms with van der Waals surface area (Å²) in [5, 5.41) is 2.32. The predicted molar refractivity (Wildman–Crippen MR) is 131 cm³/mol.